The standard InChI is InChI=1S/C23H24N2O4S/c1-30(27,28)25(21-8-4-2-5-9-21)18-19-12-14-20(15-13-19)23(26)24-16-17-29-22-10-6-3-7-11-22/h2-15H,16-18H2,1H3,(H,24,26). The molecule has 0 aromatic heterocycles. The van der Waals surface area contributed by atoms with Gasteiger partial charge in [0.2, 0.25) is 10.0 Å². The predicted octanol–water partition coefficient (Wildman–Crippen LogP) is 3.46. The Balaban J connectivity index is 1.56. The Bertz CT molecular complexity index is 1050. The molecule has 0 saturated heterocycles. The average molecular weight is 425 g/mol. The first-order valence-electron chi connectivity index (χ1n) is 9.51. The molecular weight excluding hydrogens is 400 g/mol. The first kappa shape index (κ1) is 21.4. The van der Waals surface area contributed by atoms with E-state index in [2.05, 4.69) is 5.32 Å². The second kappa shape index (κ2) is 9.93. The van der Waals surface area contributed by atoms with Crippen molar-refractivity contribution in [2.24, 2.45) is 0 Å². The third-order valence-corrected chi connectivity index (χ3v) is 5.53. The van der Waals surface area contributed by atoms with Gasteiger partial charge in [-0.05, 0) is 42.0 Å². The van der Waals surface area contributed by atoms with Gasteiger partial charge < -0.3 is 10.1 Å². The summed E-state index contributed by atoms with van der Waals surface area (Å²) in [6.45, 7) is 0.940. The van der Waals surface area contributed by atoms with Gasteiger partial charge in [-0.3, -0.25) is 9.10 Å². The molecule has 7 heteroatoms. The van der Waals surface area contributed by atoms with Gasteiger partial charge in [-0.2, -0.15) is 0 Å². The highest BCUT2D eigenvalue weighted by Crippen LogP contribution is 2.20. The molecule has 0 aliphatic heterocycles. The summed E-state index contributed by atoms with van der Waals surface area (Å²) in [5.41, 5.74) is 1.89. The largest absolute Gasteiger partial charge is 0.492 e. The molecule has 0 unspecified atom stereocenters. The van der Waals surface area contributed by atoms with Gasteiger partial charge in [0.15, 0.2) is 0 Å². The zero-order valence-corrected chi connectivity index (χ0v) is 17.5. The van der Waals surface area contributed by atoms with Crippen LogP contribution in [0.2, 0.25) is 0 Å². The van der Waals surface area contributed by atoms with Crippen molar-refractivity contribution in [2.75, 3.05) is 23.7 Å². The SMILES string of the molecule is CS(=O)(=O)N(Cc1ccc(C(=O)NCCOc2ccccc2)cc1)c1ccccc1. The van der Waals surface area contributed by atoms with E-state index in [9.17, 15) is 13.2 Å². The third-order valence-electron chi connectivity index (χ3n) is 4.39. The van der Waals surface area contributed by atoms with Gasteiger partial charge in [-0.15, -0.1) is 0 Å². The summed E-state index contributed by atoms with van der Waals surface area (Å²) in [7, 11) is -3.44. The molecule has 0 bridgehead atoms. The molecule has 6 nitrogen and oxygen atoms in total. The number of rotatable bonds is 9. The summed E-state index contributed by atoms with van der Waals surface area (Å²) >= 11 is 0. The molecule has 0 aliphatic rings. The Kier molecular flexibility index (Phi) is 7.08. The second-order valence-corrected chi connectivity index (χ2v) is 8.63. The first-order valence-corrected chi connectivity index (χ1v) is 11.4. The molecular formula is C23H24N2O4S. The number of hydrogen-bond donors (Lipinski definition) is 1. The Morgan fingerprint density at radius 3 is 2.10 bits per heavy atom. The molecule has 1 amide bonds. The number of carbonyl (C=O) groups excluding carboxylic acids is 1. The average Bonchev–Trinajstić information content (AvgIpc) is 2.76. The summed E-state index contributed by atoms with van der Waals surface area (Å²) < 4.78 is 31.3. The Hall–Kier alpha value is -3.32. The zero-order valence-electron chi connectivity index (χ0n) is 16.7. The highest BCUT2D eigenvalue weighted by atomic mass is 32.2. The lowest BCUT2D eigenvalue weighted by Crippen LogP contribution is -2.29. The van der Waals surface area contributed by atoms with Crippen LogP contribution in [0.4, 0.5) is 5.69 Å². The molecule has 3 rings (SSSR count). The molecule has 0 spiro atoms. The van der Waals surface area contributed by atoms with E-state index in [1.165, 1.54) is 10.6 Å². The van der Waals surface area contributed by atoms with Gasteiger partial charge >= 0.3 is 0 Å². The molecule has 156 valence electrons. The number of amides is 1. The molecule has 3 aromatic carbocycles. The smallest absolute Gasteiger partial charge is 0.251 e. The van der Waals surface area contributed by atoms with Crippen LogP contribution in [0.1, 0.15) is 15.9 Å². The Morgan fingerprint density at radius 2 is 1.50 bits per heavy atom. The lowest BCUT2D eigenvalue weighted by molar-refractivity contribution is 0.0947. The fourth-order valence-corrected chi connectivity index (χ4v) is 3.76. The van der Waals surface area contributed by atoms with Gasteiger partial charge in [0.05, 0.1) is 25.0 Å². The molecule has 0 fully saturated rings. The van der Waals surface area contributed by atoms with Gasteiger partial charge in [0, 0.05) is 5.56 Å². The van der Waals surface area contributed by atoms with Crippen molar-refractivity contribution in [1.29, 1.82) is 0 Å². The van der Waals surface area contributed by atoms with Crippen molar-refractivity contribution in [1.82, 2.24) is 5.32 Å². The maximum Gasteiger partial charge on any atom is 0.251 e. The van der Waals surface area contributed by atoms with Crippen molar-refractivity contribution in [3.05, 3.63) is 96.1 Å². The monoisotopic (exact) mass is 424 g/mol. The fourth-order valence-electron chi connectivity index (χ4n) is 2.87. The summed E-state index contributed by atoms with van der Waals surface area (Å²) in [6.07, 6.45) is 1.18. The number of sulfonamides is 1. The van der Waals surface area contributed by atoms with Gasteiger partial charge in [-0.25, -0.2) is 8.42 Å². The van der Waals surface area contributed by atoms with Crippen molar-refractivity contribution < 1.29 is 17.9 Å². The summed E-state index contributed by atoms with van der Waals surface area (Å²) in [6, 6.07) is 25.2. The summed E-state index contributed by atoms with van der Waals surface area (Å²) in [5, 5.41) is 2.81. The van der Waals surface area contributed by atoms with Crippen molar-refractivity contribution in [3.63, 3.8) is 0 Å². The van der Waals surface area contributed by atoms with Gasteiger partial charge in [0.25, 0.3) is 5.91 Å². The van der Waals surface area contributed by atoms with Gasteiger partial charge in [-0.1, -0.05) is 48.5 Å². The van der Waals surface area contributed by atoms with Gasteiger partial charge in [0.1, 0.15) is 12.4 Å². The Labute approximate surface area is 177 Å². The lowest BCUT2D eigenvalue weighted by atomic mass is 10.1. The number of benzene rings is 3. The van der Waals surface area contributed by atoms with Crippen LogP contribution in [0.3, 0.4) is 0 Å². The van der Waals surface area contributed by atoms with Crippen molar-refractivity contribution in [2.45, 2.75) is 6.54 Å². The van der Waals surface area contributed by atoms with Crippen LogP contribution in [0, 0.1) is 0 Å². The zero-order chi connectivity index (χ0) is 21.4. The van der Waals surface area contributed by atoms with Crippen LogP contribution < -0.4 is 14.4 Å². The van der Waals surface area contributed by atoms with Crippen LogP contribution in [0.25, 0.3) is 0 Å². The van der Waals surface area contributed by atoms with Crippen molar-refractivity contribution in [3.8, 4) is 5.75 Å². The van der Waals surface area contributed by atoms with E-state index in [1.54, 1.807) is 48.5 Å². The molecule has 1 N–H and O–H groups in total. The molecule has 0 saturated carbocycles. The Morgan fingerprint density at radius 1 is 0.900 bits per heavy atom. The highest BCUT2D eigenvalue weighted by molar-refractivity contribution is 7.92. The minimum atomic E-state index is -3.44. The van der Waals surface area contributed by atoms with E-state index in [4.69, 9.17) is 4.74 Å². The second-order valence-electron chi connectivity index (χ2n) is 6.72. The van der Waals surface area contributed by atoms with Crippen LogP contribution >= 0.6 is 0 Å². The number of ether oxygens (including phenoxy) is 1. The van der Waals surface area contributed by atoms with Crippen LogP contribution in [0.5, 0.6) is 5.75 Å². The third kappa shape index (κ3) is 6.09. The maximum absolute atomic E-state index is 12.3. The minimum Gasteiger partial charge on any atom is -0.492 e. The quantitative estimate of drug-likeness (QED) is 0.534. The number of carbonyl (C=O) groups is 1. The van der Waals surface area contributed by atoms with Crippen LogP contribution in [0.15, 0.2) is 84.9 Å². The first-order chi connectivity index (χ1) is 14.4. The number of anilines is 1. The summed E-state index contributed by atoms with van der Waals surface area (Å²) in [4.78, 5) is 12.3. The molecule has 3 aromatic rings. The van der Waals surface area contributed by atoms with Crippen molar-refractivity contribution >= 4 is 21.6 Å². The summed E-state index contributed by atoms with van der Waals surface area (Å²) in [5.74, 6) is 0.547. The lowest BCUT2D eigenvalue weighted by Gasteiger charge is -2.22. The molecule has 0 aliphatic carbocycles. The fraction of sp³-hybridized carbons (Fsp3) is 0.174. The predicted molar refractivity (Wildman–Crippen MR) is 118 cm³/mol. The van der Waals surface area contributed by atoms with E-state index in [0.717, 1.165) is 11.3 Å². The minimum absolute atomic E-state index is 0.190. The number of hydrogen-bond acceptors (Lipinski definition) is 4. The number of nitrogens with zero attached hydrogens (tertiary/aromatic N) is 1. The number of nitrogens with one attached hydrogen (secondary N) is 1. The maximum atomic E-state index is 12.3. The normalized spacial score (nSPS) is 11.0. The van der Waals surface area contributed by atoms with E-state index in [0.29, 0.717) is 24.4 Å². The number of para-hydroxylation sites is 2. The van der Waals surface area contributed by atoms with Crippen LogP contribution in [-0.2, 0) is 16.6 Å². The van der Waals surface area contributed by atoms with E-state index in [1.807, 2.05) is 36.4 Å². The topological polar surface area (TPSA) is 75.7 Å². The van der Waals surface area contributed by atoms with Crippen LogP contribution in [-0.4, -0.2) is 33.7 Å². The van der Waals surface area contributed by atoms with E-state index in [-0.39, 0.29) is 12.5 Å². The molecule has 0 heterocycles. The highest BCUT2D eigenvalue weighted by Gasteiger charge is 2.17. The molecule has 0 atom stereocenters. The van der Waals surface area contributed by atoms with E-state index < -0.39 is 10.0 Å². The van der Waals surface area contributed by atoms with E-state index >= 15 is 0 Å². The molecule has 0 radical (unpaired) electrons. The molecule has 30 heavy (non-hydrogen) atoms.